The maximum absolute atomic E-state index is 14.7. The lowest BCUT2D eigenvalue weighted by molar-refractivity contribution is -0.220. The molecule has 11 nitrogen and oxygen atoms in total. The summed E-state index contributed by atoms with van der Waals surface area (Å²) in [5.41, 5.74) is 4.66. The van der Waals surface area contributed by atoms with Crippen LogP contribution in [-0.2, 0) is 26.2 Å². The third-order valence-electron chi connectivity index (χ3n) is 14.2. The van der Waals surface area contributed by atoms with Crippen molar-refractivity contribution in [2.24, 2.45) is 22.5 Å². The molecule has 1 amide bonds. The number of nitrogens with two attached hydrogens (primary N) is 1. The lowest BCUT2D eigenvalue weighted by Crippen LogP contribution is -2.79. The van der Waals surface area contributed by atoms with Crippen LogP contribution in [0.1, 0.15) is 77.5 Å². The van der Waals surface area contributed by atoms with Crippen molar-refractivity contribution in [3.8, 4) is 0 Å². The number of likely N-dealkylation sites (tertiary alicyclic amines) is 1. The molecule has 0 bridgehead atoms. The van der Waals surface area contributed by atoms with E-state index in [9.17, 15) is 24.9 Å². The van der Waals surface area contributed by atoms with E-state index in [1.807, 2.05) is 69.1 Å². The minimum Gasteiger partial charge on any atom is -0.468 e. The van der Waals surface area contributed by atoms with Crippen LogP contribution >= 0.6 is 0 Å². The van der Waals surface area contributed by atoms with E-state index in [0.717, 1.165) is 33.4 Å². The highest BCUT2D eigenvalue weighted by Gasteiger charge is 2.79. The maximum Gasteiger partial charge on any atom is 0.318 e. The maximum atomic E-state index is 14.7. The van der Waals surface area contributed by atoms with Crippen molar-refractivity contribution in [2.45, 2.75) is 107 Å². The normalized spacial score (nSPS) is 40.2. The largest absolute Gasteiger partial charge is 0.468 e. The fraction of sp³-hybridized carbons (Fsp3) is 0.619. The van der Waals surface area contributed by atoms with Crippen LogP contribution in [0.4, 0.5) is 0 Å². The number of rotatable bonds is 6. The van der Waals surface area contributed by atoms with Gasteiger partial charge in [0.25, 0.3) is 5.91 Å². The average molecular weight is 730 g/mol. The molecule has 9 atom stereocenters. The third-order valence-corrected chi connectivity index (χ3v) is 14.2. The van der Waals surface area contributed by atoms with Crippen molar-refractivity contribution in [3.63, 3.8) is 0 Å². The Labute approximate surface area is 313 Å². The quantitative estimate of drug-likeness (QED) is 0.193. The summed E-state index contributed by atoms with van der Waals surface area (Å²) < 4.78 is 5.78. The average Bonchev–Trinajstić information content (AvgIpc) is 3.79. The van der Waals surface area contributed by atoms with Crippen molar-refractivity contribution in [2.75, 3.05) is 40.3 Å². The summed E-state index contributed by atoms with van der Waals surface area (Å²) >= 11 is 0. The lowest BCUT2D eigenvalue weighted by Gasteiger charge is -2.63. The number of nitrogens with zero attached hydrogens (tertiary/aromatic N) is 2. The van der Waals surface area contributed by atoms with Crippen molar-refractivity contribution in [1.29, 1.82) is 0 Å². The van der Waals surface area contributed by atoms with Crippen LogP contribution in [0.15, 0.2) is 59.8 Å². The molecule has 3 unspecified atom stereocenters. The predicted molar refractivity (Wildman–Crippen MR) is 205 cm³/mol. The molecule has 1 aromatic carbocycles. The molecule has 1 aromatic heterocycles. The van der Waals surface area contributed by atoms with Crippen LogP contribution in [0.5, 0.6) is 0 Å². The Kier molecular flexibility index (Phi) is 9.54. The molecule has 2 aromatic rings. The first-order valence-electron chi connectivity index (χ1n) is 19.6. The van der Waals surface area contributed by atoms with Gasteiger partial charge in [-0.25, -0.2) is 0 Å². The smallest absolute Gasteiger partial charge is 0.318 e. The van der Waals surface area contributed by atoms with Gasteiger partial charge in [-0.05, 0) is 88.1 Å². The number of benzene rings is 1. The Morgan fingerprint density at radius 1 is 1.13 bits per heavy atom. The standard InChI is InChI=1S/C42H59N5O6/c1-7-31-29(41-19-22-47-21-12-17-39(9-3,33(41)47)35(48)42(52,36(43)49)34(41)46(31)5)15-18-40(37(50)53-6)24-26(4)23-38(51,8-2)25-44-20-16-28-27-13-10-11-14-30(27)45-32(28)40/h7,10-15,17,26,33-35,44-45,48,51-52H,8-9,16,18-25H2,1-6H3,(H2,43,49)/b29-15+,31-7+/t26-,33?,34?,35-,38?,39-,40-,41-,42+/m1/s1. The van der Waals surface area contributed by atoms with Gasteiger partial charge in [0.05, 0.1) is 18.8 Å². The van der Waals surface area contributed by atoms with Gasteiger partial charge < -0.3 is 41.0 Å². The zero-order valence-electron chi connectivity index (χ0n) is 32.2. The topological polar surface area (TPSA) is 164 Å². The number of allylic oxidation sites excluding steroid dienone is 3. The fourth-order valence-electron chi connectivity index (χ4n) is 12.1. The summed E-state index contributed by atoms with van der Waals surface area (Å²) in [5.74, 6) is -1.37. The zero-order valence-corrected chi connectivity index (χ0v) is 32.2. The summed E-state index contributed by atoms with van der Waals surface area (Å²) in [4.78, 5) is 36.4. The number of primary amides is 1. The first-order valence-corrected chi connectivity index (χ1v) is 19.6. The van der Waals surface area contributed by atoms with E-state index in [-0.39, 0.29) is 24.3 Å². The minimum absolute atomic E-state index is 0.0714. The van der Waals surface area contributed by atoms with Gasteiger partial charge in [-0.15, -0.1) is 0 Å². The number of aliphatic hydroxyl groups is 3. The number of para-hydroxylation sites is 1. The first-order chi connectivity index (χ1) is 25.2. The van der Waals surface area contributed by atoms with Gasteiger partial charge in [-0.3, -0.25) is 14.5 Å². The summed E-state index contributed by atoms with van der Waals surface area (Å²) in [7, 11) is 3.33. The van der Waals surface area contributed by atoms with E-state index in [2.05, 4.69) is 34.3 Å². The number of amides is 1. The Balaban J connectivity index is 1.48. The lowest BCUT2D eigenvalue weighted by atomic mass is 9.47. The molecule has 53 heavy (non-hydrogen) atoms. The number of fused-ring (bicyclic) bond motifs is 3. The number of carbonyl (C=O) groups is 2. The van der Waals surface area contributed by atoms with Crippen LogP contribution in [0.2, 0.25) is 0 Å². The zero-order chi connectivity index (χ0) is 38.1. The number of β-amino-alcohol motifs (C(OH)–C–C–N with tert-alkyl or cyclic N) is 1. The Morgan fingerprint density at radius 2 is 1.89 bits per heavy atom. The summed E-state index contributed by atoms with van der Waals surface area (Å²) in [5, 5.41) is 41.1. The number of likely N-dealkylation sites (N-methyl/N-ethyl adjacent to an activating group) is 1. The monoisotopic (exact) mass is 729 g/mol. The molecular weight excluding hydrogens is 670 g/mol. The minimum atomic E-state index is -2.26. The second-order valence-electron chi connectivity index (χ2n) is 16.8. The fourth-order valence-corrected chi connectivity index (χ4v) is 12.1. The van der Waals surface area contributed by atoms with Gasteiger partial charge >= 0.3 is 5.97 Å². The second-order valence-corrected chi connectivity index (χ2v) is 16.8. The van der Waals surface area contributed by atoms with Gasteiger partial charge in [0.1, 0.15) is 11.5 Å². The molecule has 1 spiro atoms. The highest BCUT2D eigenvalue weighted by atomic mass is 16.5. The van der Waals surface area contributed by atoms with Crippen LogP contribution in [-0.4, -0.2) is 112 Å². The number of carbonyl (C=O) groups excluding carboxylic acids is 2. The molecule has 0 radical (unpaired) electrons. The number of nitrogens with one attached hydrogen (secondary N) is 2. The molecule has 1 aliphatic carbocycles. The van der Waals surface area contributed by atoms with Crippen LogP contribution in [0, 0.1) is 16.7 Å². The number of ether oxygens (including phenoxy) is 1. The van der Waals surface area contributed by atoms with Crippen molar-refractivity contribution >= 4 is 22.8 Å². The molecule has 5 heterocycles. The highest BCUT2D eigenvalue weighted by Crippen LogP contribution is 2.68. The van der Waals surface area contributed by atoms with E-state index in [4.69, 9.17) is 10.5 Å². The van der Waals surface area contributed by atoms with Gasteiger partial charge in [0.2, 0.25) is 0 Å². The Bertz CT molecular complexity index is 1870. The second kappa shape index (κ2) is 13.4. The molecule has 7 rings (SSSR count). The molecule has 2 saturated heterocycles. The van der Waals surface area contributed by atoms with E-state index in [1.165, 1.54) is 7.11 Å². The number of esters is 1. The first kappa shape index (κ1) is 37.8. The molecule has 3 fully saturated rings. The van der Waals surface area contributed by atoms with Crippen LogP contribution in [0.3, 0.4) is 0 Å². The molecule has 5 aliphatic rings. The Morgan fingerprint density at radius 3 is 2.57 bits per heavy atom. The van der Waals surface area contributed by atoms with Gasteiger partial charge in [-0.1, -0.05) is 63.3 Å². The number of aromatic nitrogens is 1. The predicted octanol–water partition coefficient (Wildman–Crippen LogP) is 3.43. The number of hydrogen-bond acceptors (Lipinski definition) is 9. The number of aliphatic hydroxyl groups excluding tert-OH is 1. The summed E-state index contributed by atoms with van der Waals surface area (Å²) in [6, 6.07) is 7.08. The van der Waals surface area contributed by atoms with Gasteiger partial charge in [0.15, 0.2) is 5.60 Å². The molecule has 7 N–H and O–H groups in total. The van der Waals surface area contributed by atoms with E-state index >= 15 is 0 Å². The summed E-state index contributed by atoms with van der Waals surface area (Å²) in [6.07, 6.45) is 10.4. The van der Waals surface area contributed by atoms with E-state index in [1.54, 1.807) is 0 Å². The number of hydrogen-bond donors (Lipinski definition) is 6. The third kappa shape index (κ3) is 5.17. The SMILES string of the molecule is C/C=C1\C(=C/C[C@@]2(C(=O)OC)C[C@H](C)CC(O)(CC)CNCCc3c2[nH]c2ccccc32)[C@]23CCN4CC=C[C@](CC)(C42)[C@@H](O)[C@](O)(C(N)=O)C3N1C. The summed E-state index contributed by atoms with van der Waals surface area (Å²) in [6.45, 7) is 10.6. The number of methoxy groups -OCH3 is 1. The van der Waals surface area contributed by atoms with Gasteiger partial charge in [-0.2, -0.15) is 0 Å². The molecule has 288 valence electrons. The Hall–Kier alpha value is -3.48. The van der Waals surface area contributed by atoms with Crippen molar-refractivity contribution in [3.05, 3.63) is 71.1 Å². The molecular formula is C42H59N5O6. The number of H-pyrrole nitrogens is 1. The molecule has 1 saturated carbocycles. The number of aromatic amines is 1. The van der Waals surface area contributed by atoms with Crippen molar-refractivity contribution < 1.29 is 29.6 Å². The van der Waals surface area contributed by atoms with Gasteiger partial charge in [0, 0.05) is 59.3 Å². The van der Waals surface area contributed by atoms with E-state index in [0.29, 0.717) is 64.7 Å². The van der Waals surface area contributed by atoms with Crippen LogP contribution < -0.4 is 11.1 Å². The molecule has 11 heteroatoms. The van der Waals surface area contributed by atoms with Crippen LogP contribution in [0.25, 0.3) is 10.9 Å². The van der Waals surface area contributed by atoms with E-state index < -0.39 is 45.5 Å². The highest BCUT2D eigenvalue weighted by molar-refractivity contribution is 5.91. The molecule has 4 aliphatic heterocycles. The van der Waals surface area contributed by atoms with Crippen molar-refractivity contribution in [1.82, 2.24) is 20.1 Å².